The number of anilines is 2. The molecule has 18 heavy (non-hydrogen) atoms. The van der Waals surface area contributed by atoms with E-state index in [-0.39, 0.29) is 17.8 Å². The third kappa shape index (κ3) is 2.69. The molecule has 1 aromatic carbocycles. The molecule has 0 aliphatic heterocycles. The number of benzene rings is 1. The van der Waals surface area contributed by atoms with Gasteiger partial charge in [-0.15, -0.1) is 0 Å². The summed E-state index contributed by atoms with van der Waals surface area (Å²) in [7, 11) is 1.63. The fourth-order valence-electron chi connectivity index (χ4n) is 2.00. The summed E-state index contributed by atoms with van der Waals surface area (Å²) in [4.78, 5) is 0. The summed E-state index contributed by atoms with van der Waals surface area (Å²) in [6.45, 7) is 0. The minimum absolute atomic E-state index is 0.166. The Kier molecular flexibility index (Phi) is 3.38. The van der Waals surface area contributed by atoms with Gasteiger partial charge in [-0.3, -0.25) is 0 Å². The van der Waals surface area contributed by atoms with Gasteiger partial charge in [0.15, 0.2) is 0 Å². The Bertz CT molecular complexity index is 428. The van der Waals surface area contributed by atoms with Gasteiger partial charge in [-0.05, 0) is 31.0 Å². The first-order valence-electron chi connectivity index (χ1n) is 5.66. The van der Waals surface area contributed by atoms with Crippen LogP contribution in [0.15, 0.2) is 18.2 Å². The molecule has 0 amide bonds. The molecular weight excluding hydrogens is 245 g/mol. The second kappa shape index (κ2) is 4.68. The lowest BCUT2D eigenvalue weighted by Crippen LogP contribution is -2.40. The molecule has 0 heterocycles. The summed E-state index contributed by atoms with van der Waals surface area (Å²) < 4.78 is 43.1. The summed E-state index contributed by atoms with van der Waals surface area (Å²) in [6, 6.07) is 4.05. The lowest BCUT2D eigenvalue weighted by molar-refractivity contribution is -0.136. The van der Waals surface area contributed by atoms with Gasteiger partial charge in [0.1, 0.15) is 0 Å². The lowest BCUT2D eigenvalue weighted by Gasteiger charge is -2.35. The normalized spacial score (nSPS) is 23.6. The molecule has 0 saturated heterocycles. The van der Waals surface area contributed by atoms with Gasteiger partial charge >= 0.3 is 6.18 Å². The zero-order chi connectivity index (χ0) is 13.3. The molecule has 1 fully saturated rings. The third-order valence-corrected chi connectivity index (χ3v) is 3.16. The van der Waals surface area contributed by atoms with Gasteiger partial charge in [-0.25, -0.2) is 0 Å². The molecule has 0 radical (unpaired) electrons. The topological polar surface area (TPSA) is 47.3 Å². The van der Waals surface area contributed by atoms with Crippen molar-refractivity contribution in [2.45, 2.75) is 31.2 Å². The van der Waals surface area contributed by atoms with Crippen LogP contribution in [-0.2, 0) is 10.9 Å². The number of nitrogen functional groups attached to an aromatic ring is 1. The van der Waals surface area contributed by atoms with Crippen molar-refractivity contribution >= 4 is 11.4 Å². The molecule has 2 rings (SSSR count). The van der Waals surface area contributed by atoms with E-state index in [1.165, 1.54) is 6.07 Å². The number of hydrogen-bond donors (Lipinski definition) is 2. The van der Waals surface area contributed by atoms with E-state index >= 15 is 0 Å². The molecule has 3 nitrogen and oxygen atoms in total. The number of nitrogens with one attached hydrogen (secondary N) is 1. The highest BCUT2D eigenvalue weighted by Crippen LogP contribution is 2.36. The zero-order valence-corrected chi connectivity index (χ0v) is 9.92. The molecule has 1 aliphatic carbocycles. The molecule has 0 aromatic heterocycles. The molecule has 3 N–H and O–H groups in total. The van der Waals surface area contributed by atoms with Crippen LogP contribution < -0.4 is 11.1 Å². The maximum Gasteiger partial charge on any atom is 0.418 e. The van der Waals surface area contributed by atoms with Crippen molar-refractivity contribution in [3.63, 3.8) is 0 Å². The number of methoxy groups -OCH3 is 1. The molecule has 1 saturated carbocycles. The fraction of sp³-hybridized carbons (Fsp3) is 0.500. The molecule has 6 heteroatoms. The second-order valence-electron chi connectivity index (χ2n) is 4.47. The maximum absolute atomic E-state index is 12.7. The number of nitrogens with two attached hydrogens (primary N) is 1. The van der Waals surface area contributed by atoms with Crippen molar-refractivity contribution in [3.05, 3.63) is 23.8 Å². The van der Waals surface area contributed by atoms with Gasteiger partial charge in [-0.1, -0.05) is 0 Å². The molecule has 1 aliphatic rings. The van der Waals surface area contributed by atoms with E-state index in [4.69, 9.17) is 10.5 Å². The highest BCUT2D eigenvalue weighted by atomic mass is 19.4. The lowest BCUT2D eigenvalue weighted by atomic mass is 9.89. The molecule has 0 atom stereocenters. The van der Waals surface area contributed by atoms with E-state index in [0.29, 0.717) is 5.69 Å². The van der Waals surface area contributed by atoms with Crippen molar-refractivity contribution in [2.24, 2.45) is 0 Å². The van der Waals surface area contributed by atoms with Gasteiger partial charge in [0.2, 0.25) is 0 Å². The second-order valence-corrected chi connectivity index (χ2v) is 4.47. The highest BCUT2D eigenvalue weighted by molar-refractivity contribution is 5.58. The number of alkyl halides is 3. The fourth-order valence-corrected chi connectivity index (χ4v) is 2.00. The average molecular weight is 260 g/mol. The van der Waals surface area contributed by atoms with Gasteiger partial charge in [0.25, 0.3) is 0 Å². The Morgan fingerprint density at radius 1 is 1.33 bits per heavy atom. The Labute approximate surface area is 103 Å². The van der Waals surface area contributed by atoms with E-state index in [1.807, 2.05) is 0 Å². The van der Waals surface area contributed by atoms with Gasteiger partial charge in [-0.2, -0.15) is 13.2 Å². The standard InChI is InChI=1S/C12H15F3N2O/c1-18-9-4-8(5-9)17-7-2-3-11(16)10(6-7)12(13,14)15/h2-3,6,8-9,17H,4-5,16H2,1H3. The predicted molar refractivity (Wildman–Crippen MR) is 63.3 cm³/mol. The molecule has 0 unspecified atom stereocenters. The SMILES string of the molecule is COC1CC(Nc2ccc(N)c(C(F)(F)F)c2)C1. The molecule has 0 spiro atoms. The van der Waals surface area contributed by atoms with Crippen molar-refractivity contribution in [2.75, 3.05) is 18.2 Å². The van der Waals surface area contributed by atoms with Crippen LogP contribution in [0.2, 0.25) is 0 Å². The van der Waals surface area contributed by atoms with Crippen LogP contribution in [0, 0.1) is 0 Å². The maximum atomic E-state index is 12.7. The molecule has 100 valence electrons. The zero-order valence-electron chi connectivity index (χ0n) is 9.92. The monoisotopic (exact) mass is 260 g/mol. The van der Waals surface area contributed by atoms with Crippen LogP contribution in [0.4, 0.5) is 24.5 Å². The first-order chi connectivity index (χ1) is 8.40. The van der Waals surface area contributed by atoms with Crippen molar-refractivity contribution in [1.29, 1.82) is 0 Å². The number of rotatable bonds is 3. The van der Waals surface area contributed by atoms with Crippen molar-refractivity contribution in [1.82, 2.24) is 0 Å². The minimum Gasteiger partial charge on any atom is -0.398 e. The Balaban J connectivity index is 2.06. The highest BCUT2D eigenvalue weighted by Gasteiger charge is 2.34. The third-order valence-electron chi connectivity index (χ3n) is 3.16. The van der Waals surface area contributed by atoms with E-state index in [0.717, 1.165) is 18.9 Å². The largest absolute Gasteiger partial charge is 0.418 e. The van der Waals surface area contributed by atoms with Crippen molar-refractivity contribution in [3.8, 4) is 0 Å². The summed E-state index contributed by atoms with van der Waals surface area (Å²) in [5, 5.41) is 3.05. The molecule has 0 bridgehead atoms. The van der Waals surface area contributed by atoms with Crippen molar-refractivity contribution < 1.29 is 17.9 Å². The van der Waals surface area contributed by atoms with Crippen LogP contribution in [0.1, 0.15) is 18.4 Å². The van der Waals surface area contributed by atoms with E-state index < -0.39 is 11.7 Å². The van der Waals surface area contributed by atoms with Crippen LogP contribution in [0.25, 0.3) is 0 Å². The number of ether oxygens (including phenoxy) is 1. The van der Waals surface area contributed by atoms with Gasteiger partial charge in [0, 0.05) is 24.5 Å². The first-order valence-corrected chi connectivity index (χ1v) is 5.66. The Morgan fingerprint density at radius 2 is 2.00 bits per heavy atom. The minimum atomic E-state index is -4.42. The summed E-state index contributed by atoms with van der Waals surface area (Å²) in [6.07, 6.45) is -2.60. The number of halogens is 3. The van der Waals surface area contributed by atoms with E-state index in [1.54, 1.807) is 13.2 Å². The molecular formula is C12H15F3N2O. The predicted octanol–water partition coefficient (Wildman–Crippen LogP) is 2.88. The van der Waals surface area contributed by atoms with E-state index in [2.05, 4.69) is 5.32 Å². The average Bonchev–Trinajstić information content (AvgIpc) is 2.23. The Morgan fingerprint density at radius 3 is 2.56 bits per heavy atom. The Hall–Kier alpha value is -1.43. The quantitative estimate of drug-likeness (QED) is 0.821. The van der Waals surface area contributed by atoms with Crippen LogP contribution in [0.5, 0.6) is 0 Å². The van der Waals surface area contributed by atoms with E-state index in [9.17, 15) is 13.2 Å². The number of hydrogen-bond acceptors (Lipinski definition) is 3. The van der Waals surface area contributed by atoms with Gasteiger partial charge < -0.3 is 15.8 Å². The van der Waals surface area contributed by atoms with Crippen LogP contribution >= 0.6 is 0 Å². The van der Waals surface area contributed by atoms with Gasteiger partial charge in [0.05, 0.1) is 11.7 Å². The first kappa shape index (κ1) is 13.0. The summed E-state index contributed by atoms with van der Waals surface area (Å²) >= 11 is 0. The summed E-state index contributed by atoms with van der Waals surface area (Å²) in [5.41, 5.74) is 4.72. The smallest absolute Gasteiger partial charge is 0.398 e. The van der Waals surface area contributed by atoms with Crippen LogP contribution in [0.3, 0.4) is 0 Å². The van der Waals surface area contributed by atoms with Crippen LogP contribution in [-0.4, -0.2) is 19.3 Å². The molecule has 1 aromatic rings. The summed E-state index contributed by atoms with van der Waals surface area (Å²) in [5.74, 6) is 0.